The first-order chi connectivity index (χ1) is 9.01. The number of hydrogen-bond donors (Lipinski definition) is 1. The number of nitrogens with one attached hydrogen (secondary N) is 1. The van der Waals surface area contributed by atoms with E-state index in [4.69, 9.17) is 0 Å². The van der Waals surface area contributed by atoms with Gasteiger partial charge in [0.15, 0.2) is 0 Å². The predicted molar refractivity (Wildman–Crippen MR) is 67.6 cm³/mol. The van der Waals surface area contributed by atoms with Gasteiger partial charge in [0.05, 0.1) is 0 Å². The van der Waals surface area contributed by atoms with E-state index in [1.54, 1.807) is 30.3 Å². The van der Waals surface area contributed by atoms with Crippen molar-refractivity contribution < 1.29 is 13.2 Å². The van der Waals surface area contributed by atoms with Crippen LogP contribution in [-0.4, -0.2) is 12.7 Å². The number of alkyl halides is 3. The van der Waals surface area contributed by atoms with Crippen LogP contribution in [0.25, 0.3) is 0 Å². The first-order valence-electron chi connectivity index (χ1n) is 6.86. The highest BCUT2D eigenvalue weighted by Gasteiger charge is 2.54. The van der Waals surface area contributed by atoms with Crippen LogP contribution in [0.4, 0.5) is 13.2 Å². The molecule has 0 spiro atoms. The summed E-state index contributed by atoms with van der Waals surface area (Å²) < 4.78 is 39.5. The summed E-state index contributed by atoms with van der Waals surface area (Å²) in [5.41, 5.74) is 0.486. The molecule has 1 N–H and O–H groups in total. The monoisotopic (exact) mass is 269 g/mol. The molecule has 0 radical (unpaired) electrons. The van der Waals surface area contributed by atoms with E-state index in [1.807, 2.05) is 0 Å². The van der Waals surface area contributed by atoms with Crippen molar-refractivity contribution in [1.29, 1.82) is 0 Å². The highest BCUT2D eigenvalue weighted by atomic mass is 19.4. The fourth-order valence-electron chi connectivity index (χ4n) is 2.96. The Morgan fingerprint density at radius 1 is 1.16 bits per heavy atom. The van der Waals surface area contributed by atoms with E-state index >= 15 is 0 Å². The molecular weight excluding hydrogens is 251 g/mol. The summed E-state index contributed by atoms with van der Waals surface area (Å²) in [6.45, 7) is 0.497. The van der Waals surface area contributed by atoms with Crippen LogP contribution in [0.3, 0.4) is 0 Å². The van der Waals surface area contributed by atoms with Gasteiger partial charge in [-0.25, -0.2) is 0 Å². The Morgan fingerprint density at radius 3 is 2.26 bits per heavy atom. The maximum atomic E-state index is 13.2. The Balaban J connectivity index is 1.70. The number of rotatable bonds is 5. The van der Waals surface area contributed by atoms with Crippen molar-refractivity contribution in [3.8, 4) is 0 Å². The lowest BCUT2D eigenvalue weighted by atomic mass is 9.99. The third-order valence-corrected chi connectivity index (χ3v) is 4.45. The summed E-state index contributed by atoms with van der Waals surface area (Å²) in [5.74, 6) is 0.671. The first kappa shape index (κ1) is 13.0. The van der Waals surface area contributed by atoms with Crippen LogP contribution < -0.4 is 5.32 Å². The van der Waals surface area contributed by atoms with Gasteiger partial charge in [0, 0.05) is 6.54 Å². The largest absolute Gasteiger partial charge is 0.407 e. The van der Waals surface area contributed by atoms with Crippen molar-refractivity contribution in [3.05, 3.63) is 35.9 Å². The van der Waals surface area contributed by atoms with E-state index in [0.29, 0.717) is 18.0 Å². The summed E-state index contributed by atoms with van der Waals surface area (Å²) in [5, 5.41) is 2.78. The van der Waals surface area contributed by atoms with Gasteiger partial charge in [-0.3, -0.25) is 0 Å². The minimum absolute atomic E-state index is 0.179. The van der Waals surface area contributed by atoms with Gasteiger partial charge >= 0.3 is 6.18 Å². The van der Waals surface area contributed by atoms with Gasteiger partial charge in [-0.1, -0.05) is 30.3 Å². The Bertz CT molecular complexity index is 432. The number of hydrogen-bond acceptors (Lipinski definition) is 1. The van der Waals surface area contributed by atoms with Gasteiger partial charge in [-0.2, -0.15) is 13.2 Å². The normalized spacial score (nSPS) is 23.1. The van der Waals surface area contributed by atoms with Crippen LogP contribution in [0.2, 0.25) is 0 Å². The maximum absolute atomic E-state index is 13.2. The van der Waals surface area contributed by atoms with Crippen molar-refractivity contribution in [2.45, 2.75) is 37.9 Å². The molecule has 2 aliphatic carbocycles. The van der Waals surface area contributed by atoms with Crippen molar-refractivity contribution in [2.24, 2.45) is 11.3 Å². The zero-order valence-corrected chi connectivity index (χ0v) is 10.7. The first-order valence-corrected chi connectivity index (χ1v) is 6.86. The average molecular weight is 269 g/mol. The van der Waals surface area contributed by atoms with Gasteiger partial charge in [-0.15, -0.1) is 0 Å². The Labute approximate surface area is 111 Å². The molecule has 2 saturated carbocycles. The minimum Gasteiger partial charge on any atom is -0.302 e. The van der Waals surface area contributed by atoms with Crippen LogP contribution in [0.1, 0.15) is 37.3 Å². The summed E-state index contributed by atoms with van der Waals surface area (Å²) in [4.78, 5) is 0. The molecule has 104 valence electrons. The smallest absolute Gasteiger partial charge is 0.302 e. The quantitative estimate of drug-likeness (QED) is 0.849. The SMILES string of the molecule is FC(F)(F)C(NCC1(C2CC2)CC1)c1ccccc1. The minimum atomic E-state index is -4.24. The molecule has 0 saturated heterocycles. The second-order valence-electron chi connectivity index (χ2n) is 5.90. The third kappa shape index (κ3) is 2.78. The molecule has 19 heavy (non-hydrogen) atoms. The Morgan fingerprint density at radius 2 is 1.79 bits per heavy atom. The molecule has 1 aromatic carbocycles. The number of halogens is 3. The highest BCUT2D eigenvalue weighted by molar-refractivity contribution is 5.21. The highest BCUT2D eigenvalue weighted by Crippen LogP contribution is 2.61. The van der Waals surface area contributed by atoms with Gasteiger partial charge < -0.3 is 5.32 Å². The summed E-state index contributed by atoms with van der Waals surface area (Å²) >= 11 is 0. The van der Waals surface area contributed by atoms with Gasteiger partial charge in [0.1, 0.15) is 6.04 Å². The molecule has 1 atom stereocenters. The lowest BCUT2D eigenvalue weighted by Crippen LogP contribution is -2.38. The molecule has 0 bridgehead atoms. The van der Waals surface area contributed by atoms with E-state index < -0.39 is 12.2 Å². The van der Waals surface area contributed by atoms with E-state index in [9.17, 15) is 13.2 Å². The zero-order valence-electron chi connectivity index (χ0n) is 10.7. The molecule has 0 aromatic heterocycles. The predicted octanol–water partition coefficient (Wildman–Crippen LogP) is 4.07. The second-order valence-corrected chi connectivity index (χ2v) is 5.90. The van der Waals surface area contributed by atoms with Crippen molar-refractivity contribution in [3.63, 3.8) is 0 Å². The van der Waals surface area contributed by atoms with Gasteiger partial charge in [0.25, 0.3) is 0 Å². The molecule has 2 fully saturated rings. The zero-order chi connectivity index (χ0) is 13.5. The summed E-state index contributed by atoms with van der Waals surface area (Å²) in [6.07, 6.45) is 0.336. The lowest BCUT2D eigenvalue weighted by Gasteiger charge is -2.25. The fraction of sp³-hybridized carbons (Fsp3) is 0.600. The number of benzene rings is 1. The topological polar surface area (TPSA) is 12.0 Å². The van der Waals surface area contributed by atoms with Crippen LogP contribution in [0, 0.1) is 11.3 Å². The summed E-state index contributed by atoms with van der Waals surface area (Å²) in [7, 11) is 0. The van der Waals surface area contributed by atoms with Crippen molar-refractivity contribution in [2.75, 3.05) is 6.54 Å². The Kier molecular flexibility index (Phi) is 3.08. The molecule has 0 heterocycles. The molecule has 1 aromatic rings. The third-order valence-electron chi connectivity index (χ3n) is 4.45. The molecule has 4 heteroatoms. The van der Waals surface area contributed by atoms with Crippen LogP contribution in [0.5, 0.6) is 0 Å². The van der Waals surface area contributed by atoms with E-state index in [1.165, 1.54) is 12.8 Å². The van der Waals surface area contributed by atoms with Gasteiger partial charge in [0.2, 0.25) is 0 Å². The molecule has 0 amide bonds. The second kappa shape index (κ2) is 4.51. The van der Waals surface area contributed by atoms with Crippen molar-refractivity contribution in [1.82, 2.24) is 5.32 Å². The lowest BCUT2D eigenvalue weighted by molar-refractivity contribution is -0.158. The van der Waals surface area contributed by atoms with E-state index in [0.717, 1.165) is 12.8 Å². The van der Waals surface area contributed by atoms with Crippen LogP contribution in [-0.2, 0) is 0 Å². The molecule has 1 unspecified atom stereocenters. The van der Waals surface area contributed by atoms with E-state index in [2.05, 4.69) is 5.32 Å². The standard InChI is InChI=1S/C15H18F3N/c16-15(17,18)13(11-4-2-1-3-5-11)19-10-14(8-9-14)12-6-7-12/h1-5,12-13,19H,6-10H2. The molecule has 0 aliphatic heterocycles. The fourth-order valence-corrected chi connectivity index (χ4v) is 2.96. The van der Waals surface area contributed by atoms with Crippen LogP contribution in [0.15, 0.2) is 30.3 Å². The average Bonchev–Trinajstić information content (AvgIpc) is 3.23. The summed E-state index contributed by atoms with van der Waals surface area (Å²) in [6, 6.07) is 6.60. The molecular formula is C15H18F3N. The van der Waals surface area contributed by atoms with Gasteiger partial charge in [-0.05, 0) is 42.6 Å². The molecule has 1 nitrogen and oxygen atoms in total. The molecule has 2 aliphatic rings. The molecule has 3 rings (SSSR count). The maximum Gasteiger partial charge on any atom is 0.407 e. The van der Waals surface area contributed by atoms with E-state index in [-0.39, 0.29) is 5.41 Å². The van der Waals surface area contributed by atoms with Crippen LogP contribution >= 0.6 is 0 Å². The Hall–Kier alpha value is -1.03. The van der Waals surface area contributed by atoms with Crippen molar-refractivity contribution >= 4 is 0 Å².